The van der Waals surface area contributed by atoms with Crippen LogP contribution in [0.4, 0.5) is 0 Å². The number of hydrogen-bond acceptors (Lipinski definition) is 3. The second kappa shape index (κ2) is 3.32. The number of ether oxygens (including phenoxy) is 1. The van der Waals surface area contributed by atoms with Crippen LogP contribution in [0.25, 0.3) is 0 Å². The van der Waals surface area contributed by atoms with Gasteiger partial charge in [-0.15, -0.1) is 0 Å². The van der Waals surface area contributed by atoms with Crippen LogP contribution in [-0.4, -0.2) is 12.1 Å². The molecule has 0 N–H and O–H groups in total. The van der Waals surface area contributed by atoms with Crippen molar-refractivity contribution in [2.45, 2.75) is 12.5 Å². The summed E-state index contributed by atoms with van der Waals surface area (Å²) in [5, 5.41) is 9.21. The van der Waals surface area contributed by atoms with E-state index < -0.39 is 12.1 Å². The molecule has 0 aliphatic carbocycles. The molecule has 4 heteroatoms. The summed E-state index contributed by atoms with van der Waals surface area (Å²) in [5.41, 5.74) is 1.28. The Hall–Kier alpha value is -1.53. The maximum Gasteiger partial charge on any atom is 0.339 e. The fraction of sp³-hybridized carbons (Fsp3) is 0.200. The van der Waals surface area contributed by atoms with Gasteiger partial charge in [-0.25, -0.2) is 4.79 Å². The predicted octanol–water partition coefficient (Wildman–Crippen LogP) is 1.95. The molecule has 1 aliphatic rings. The summed E-state index contributed by atoms with van der Waals surface area (Å²) in [4.78, 5) is 11.3. The molecule has 0 radical (unpaired) electrons. The molecule has 14 heavy (non-hydrogen) atoms. The van der Waals surface area contributed by atoms with Gasteiger partial charge in [-0.1, -0.05) is 11.6 Å². The van der Waals surface area contributed by atoms with E-state index in [1.54, 1.807) is 18.2 Å². The van der Waals surface area contributed by atoms with Crippen LogP contribution in [-0.2, 0) is 11.2 Å². The summed E-state index contributed by atoms with van der Waals surface area (Å²) >= 11 is 5.78. The van der Waals surface area contributed by atoms with E-state index in [0.717, 1.165) is 5.56 Å². The number of halogens is 1. The predicted molar refractivity (Wildman–Crippen MR) is 50.0 cm³/mol. The fourth-order valence-corrected chi connectivity index (χ4v) is 1.63. The first-order valence-corrected chi connectivity index (χ1v) is 4.47. The monoisotopic (exact) mass is 207 g/mol. The lowest BCUT2D eigenvalue weighted by molar-refractivity contribution is 0.0371. The molecular formula is C10H6ClNO2. The zero-order chi connectivity index (χ0) is 10.1. The van der Waals surface area contributed by atoms with Crippen LogP contribution in [0.1, 0.15) is 15.9 Å². The molecule has 70 valence electrons. The molecule has 1 aliphatic heterocycles. The maximum absolute atomic E-state index is 11.3. The first-order chi connectivity index (χ1) is 6.70. The van der Waals surface area contributed by atoms with E-state index >= 15 is 0 Å². The van der Waals surface area contributed by atoms with Crippen LogP contribution in [0.2, 0.25) is 5.02 Å². The first-order valence-electron chi connectivity index (χ1n) is 4.10. The lowest BCUT2D eigenvalue weighted by Crippen LogP contribution is -2.26. The van der Waals surface area contributed by atoms with Gasteiger partial charge >= 0.3 is 5.97 Å². The Labute approximate surface area is 85.9 Å². The summed E-state index contributed by atoms with van der Waals surface area (Å²) < 4.78 is 4.86. The highest BCUT2D eigenvalue weighted by Crippen LogP contribution is 2.23. The quantitative estimate of drug-likeness (QED) is 0.611. The van der Waals surface area contributed by atoms with Crippen LogP contribution >= 0.6 is 11.6 Å². The molecule has 0 aromatic heterocycles. The Kier molecular flexibility index (Phi) is 2.14. The Morgan fingerprint density at radius 3 is 3.07 bits per heavy atom. The van der Waals surface area contributed by atoms with Gasteiger partial charge in [0.1, 0.15) is 6.07 Å². The molecule has 0 saturated heterocycles. The Morgan fingerprint density at radius 1 is 1.57 bits per heavy atom. The second-order valence-electron chi connectivity index (χ2n) is 3.03. The number of benzene rings is 1. The lowest BCUT2D eigenvalue weighted by atomic mass is 9.99. The van der Waals surface area contributed by atoms with Crippen molar-refractivity contribution in [2.24, 2.45) is 0 Å². The molecule has 1 unspecified atom stereocenters. The van der Waals surface area contributed by atoms with Gasteiger partial charge in [0, 0.05) is 11.4 Å². The molecule has 0 spiro atoms. The van der Waals surface area contributed by atoms with E-state index in [0.29, 0.717) is 17.0 Å². The van der Waals surface area contributed by atoms with Crippen molar-refractivity contribution in [1.29, 1.82) is 5.26 Å². The zero-order valence-electron chi connectivity index (χ0n) is 7.16. The van der Waals surface area contributed by atoms with Gasteiger partial charge in [-0.3, -0.25) is 0 Å². The van der Waals surface area contributed by atoms with Gasteiger partial charge < -0.3 is 4.74 Å². The summed E-state index contributed by atoms with van der Waals surface area (Å²) in [6.07, 6.45) is -0.272. The van der Waals surface area contributed by atoms with Gasteiger partial charge in [0.2, 0.25) is 0 Å². The van der Waals surface area contributed by atoms with E-state index in [1.165, 1.54) is 0 Å². The number of fused-ring (bicyclic) bond motifs is 1. The molecule has 0 fully saturated rings. The number of carbonyl (C=O) groups is 1. The van der Waals surface area contributed by atoms with Crippen molar-refractivity contribution in [3.8, 4) is 6.07 Å². The molecule has 0 saturated carbocycles. The van der Waals surface area contributed by atoms with Crippen LogP contribution in [0, 0.1) is 11.3 Å². The van der Waals surface area contributed by atoms with Crippen molar-refractivity contribution in [3.63, 3.8) is 0 Å². The Balaban J connectivity index is 2.46. The Bertz CT molecular complexity index is 436. The smallest absolute Gasteiger partial charge is 0.339 e. The van der Waals surface area contributed by atoms with Gasteiger partial charge in [-0.05, 0) is 23.8 Å². The molecule has 1 atom stereocenters. The van der Waals surface area contributed by atoms with E-state index in [9.17, 15) is 4.79 Å². The largest absolute Gasteiger partial charge is 0.443 e. The maximum atomic E-state index is 11.3. The molecule has 0 bridgehead atoms. The second-order valence-corrected chi connectivity index (χ2v) is 3.47. The summed E-state index contributed by atoms with van der Waals surface area (Å²) in [6.45, 7) is 0. The third kappa shape index (κ3) is 1.45. The third-order valence-corrected chi connectivity index (χ3v) is 2.32. The van der Waals surface area contributed by atoms with Crippen LogP contribution < -0.4 is 0 Å². The molecular weight excluding hydrogens is 202 g/mol. The number of carbonyl (C=O) groups excluding carboxylic acids is 1. The minimum atomic E-state index is -0.687. The summed E-state index contributed by atoms with van der Waals surface area (Å²) in [7, 11) is 0. The molecule has 1 aromatic rings. The van der Waals surface area contributed by atoms with Crippen LogP contribution in [0.5, 0.6) is 0 Å². The third-order valence-electron chi connectivity index (χ3n) is 2.09. The van der Waals surface area contributed by atoms with Gasteiger partial charge in [0.15, 0.2) is 6.10 Å². The van der Waals surface area contributed by atoms with Crippen LogP contribution in [0.15, 0.2) is 18.2 Å². The minimum absolute atomic E-state index is 0.415. The minimum Gasteiger partial charge on any atom is -0.443 e. The van der Waals surface area contributed by atoms with Gasteiger partial charge in [-0.2, -0.15) is 5.26 Å². The number of rotatable bonds is 0. The molecule has 2 rings (SSSR count). The zero-order valence-corrected chi connectivity index (χ0v) is 7.91. The molecule has 3 nitrogen and oxygen atoms in total. The normalized spacial score (nSPS) is 19.4. The average molecular weight is 208 g/mol. The number of hydrogen-bond donors (Lipinski definition) is 0. The van der Waals surface area contributed by atoms with Crippen LogP contribution in [0.3, 0.4) is 0 Å². The number of nitrogens with zero attached hydrogens (tertiary/aromatic N) is 1. The highest BCUT2D eigenvalue weighted by molar-refractivity contribution is 6.30. The van der Waals surface area contributed by atoms with E-state index in [-0.39, 0.29) is 0 Å². The molecule has 1 heterocycles. The van der Waals surface area contributed by atoms with Gasteiger partial charge in [0.25, 0.3) is 0 Å². The van der Waals surface area contributed by atoms with Crippen molar-refractivity contribution >= 4 is 17.6 Å². The number of nitriles is 1. The Morgan fingerprint density at radius 2 is 2.36 bits per heavy atom. The average Bonchev–Trinajstić information content (AvgIpc) is 2.16. The van der Waals surface area contributed by atoms with E-state index in [2.05, 4.69) is 0 Å². The van der Waals surface area contributed by atoms with Crippen molar-refractivity contribution in [3.05, 3.63) is 34.3 Å². The highest BCUT2D eigenvalue weighted by Gasteiger charge is 2.25. The van der Waals surface area contributed by atoms with Gasteiger partial charge in [0.05, 0.1) is 5.56 Å². The van der Waals surface area contributed by atoms with Crippen molar-refractivity contribution in [2.75, 3.05) is 0 Å². The highest BCUT2D eigenvalue weighted by atomic mass is 35.5. The SMILES string of the molecule is N#CC1Cc2cc(Cl)ccc2C(=O)O1. The topological polar surface area (TPSA) is 50.1 Å². The van der Waals surface area contributed by atoms with E-state index in [1.807, 2.05) is 6.07 Å². The fourth-order valence-electron chi connectivity index (χ4n) is 1.44. The standard InChI is InChI=1S/C10H6ClNO2/c11-7-1-2-9-6(3-7)4-8(5-12)14-10(9)13/h1-3,8H,4H2. The summed E-state index contributed by atoms with van der Waals surface area (Å²) in [5.74, 6) is -0.450. The molecule has 1 aromatic carbocycles. The number of cyclic esters (lactones) is 1. The summed E-state index contributed by atoms with van der Waals surface area (Å²) in [6, 6.07) is 6.86. The van der Waals surface area contributed by atoms with E-state index in [4.69, 9.17) is 21.6 Å². The lowest BCUT2D eigenvalue weighted by Gasteiger charge is -2.19. The molecule has 0 amide bonds. The number of esters is 1. The first kappa shape index (κ1) is 9.04. The van der Waals surface area contributed by atoms with Crippen molar-refractivity contribution in [1.82, 2.24) is 0 Å². The van der Waals surface area contributed by atoms with Crippen molar-refractivity contribution < 1.29 is 9.53 Å².